The standard InChI is InChI=1S/C66H107NO10/c1-4-7-10-13-16-19-22-24-26-28-29-30-32-33-35-38-41-44-47-50-53-59(70)65(74)67-57(58(69)52-49-46-43-40-37-21-18-15-12-9-6-3)56-75-66-64(63(73)62(72)60(55-68)76-66)77-61(71)54-51-48-45-42-39-36-34-31-27-25-23-20-17-14-11-8-5-2/h7,10,16-17,19-20,24-27,29-30,33-36,41-42,44-45,49,52,57-60,62-64,66,68-70,72-73H,4-6,8-9,11-15,18,21-23,28,31-32,37-40,43,46-48,50-51,53-56H2,1-3H3,(H,67,74)/b10-7-,19-16-,20-17-,26-24-,27-25-,30-29-,35-33-,36-34-,44-41-,45-42-,52-49+. The van der Waals surface area contributed by atoms with Gasteiger partial charge in [-0.05, 0) is 116 Å². The zero-order valence-corrected chi connectivity index (χ0v) is 48.0. The molecule has 0 aromatic rings. The highest BCUT2D eigenvalue weighted by molar-refractivity contribution is 5.80. The van der Waals surface area contributed by atoms with E-state index in [0.717, 1.165) is 89.9 Å². The third kappa shape index (κ3) is 40.6. The van der Waals surface area contributed by atoms with E-state index >= 15 is 0 Å². The lowest BCUT2D eigenvalue weighted by Gasteiger charge is -2.41. The molecule has 1 aliphatic heterocycles. The minimum absolute atomic E-state index is 0.0343. The molecule has 8 atom stereocenters. The topological polar surface area (TPSA) is 175 Å². The number of nitrogens with one attached hydrogen (secondary N) is 1. The summed E-state index contributed by atoms with van der Waals surface area (Å²) in [6, 6.07) is -1.07. The number of unbranched alkanes of at least 4 members (excludes halogenated alkanes) is 14. The van der Waals surface area contributed by atoms with Crippen LogP contribution in [-0.4, -0.2) is 99.6 Å². The Morgan fingerprint density at radius 2 is 0.935 bits per heavy atom. The highest BCUT2D eigenvalue weighted by Gasteiger charge is 2.47. The summed E-state index contributed by atoms with van der Waals surface area (Å²) in [6.07, 6.45) is 63.6. The smallest absolute Gasteiger partial charge is 0.306 e. The summed E-state index contributed by atoms with van der Waals surface area (Å²) in [4.78, 5) is 26.5. The number of amides is 1. The van der Waals surface area contributed by atoms with Crippen molar-refractivity contribution in [1.29, 1.82) is 0 Å². The number of carbonyl (C=O) groups is 2. The van der Waals surface area contributed by atoms with Gasteiger partial charge in [0.25, 0.3) is 0 Å². The summed E-state index contributed by atoms with van der Waals surface area (Å²) in [5, 5.41) is 56.8. The van der Waals surface area contributed by atoms with Gasteiger partial charge < -0.3 is 45.1 Å². The molecule has 1 aliphatic rings. The van der Waals surface area contributed by atoms with Gasteiger partial charge in [-0.1, -0.05) is 219 Å². The second-order valence-electron chi connectivity index (χ2n) is 20.0. The fourth-order valence-corrected chi connectivity index (χ4v) is 8.30. The van der Waals surface area contributed by atoms with Crippen molar-refractivity contribution in [2.45, 2.75) is 256 Å². The summed E-state index contributed by atoms with van der Waals surface area (Å²) in [5.74, 6) is -1.31. The van der Waals surface area contributed by atoms with Gasteiger partial charge in [0.2, 0.25) is 5.91 Å². The number of hydrogen-bond acceptors (Lipinski definition) is 10. The van der Waals surface area contributed by atoms with E-state index in [-0.39, 0.29) is 19.4 Å². The Hall–Kier alpha value is -4.20. The highest BCUT2D eigenvalue weighted by atomic mass is 16.7. The molecule has 1 fully saturated rings. The van der Waals surface area contributed by atoms with Gasteiger partial charge in [-0.25, -0.2) is 0 Å². The molecule has 1 heterocycles. The monoisotopic (exact) mass is 1070 g/mol. The van der Waals surface area contributed by atoms with E-state index in [2.05, 4.69) is 129 Å². The van der Waals surface area contributed by atoms with Gasteiger partial charge in [-0.15, -0.1) is 0 Å². The Bertz CT molecular complexity index is 1760. The Kier molecular flexibility index (Phi) is 48.3. The maximum absolute atomic E-state index is 13.4. The molecule has 8 unspecified atom stereocenters. The summed E-state index contributed by atoms with van der Waals surface area (Å²) >= 11 is 0. The van der Waals surface area contributed by atoms with Crippen molar-refractivity contribution in [1.82, 2.24) is 5.32 Å². The van der Waals surface area contributed by atoms with Crippen molar-refractivity contribution < 1.29 is 49.3 Å². The van der Waals surface area contributed by atoms with E-state index in [1.807, 2.05) is 24.3 Å². The van der Waals surface area contributed by atoms with Crippen LogP contribution in [0.3, 0.4) is 0 Å². The minimum Gasteiger partial charge on any atom is -0.454 e. The van der Waals surface area contributed by atoms with Crippen LogP contribution in [0.15, 0.2) is 134 Å². The van der Waals surface area contributed by atoms with E-state index in [9.17, 15) is 35.1 Å². The molecular formula is C66H107NO10. The average Bonchev–Trinajstić information content (AvgIpc) is 3.43. The Balaban J connectivity index is 2.77. The summed E-state index contributed by atoms with van der Waals surface area (Å²) in [5.41, 5.74) is 0. The van der Waals surface area contributed by atoms with Crippen LogP contribution in [0.4, 0.5) is 0 Å². The average molecular weight is 1070 g/mol. The molecule has 1 rings (SSSR count). The van der Waals surface area contributed by atoms with Gasteiger partial charge >= 0.3 is 5.97 Å². The molecule has 1 amide bonds. The predicted molar refractivity (Wildman–Crippen MR) is 319 cm³/mol. The number of carbonyl (C=O) groups excluding carboxylic acids is 2. The molecule has 0 radical (unpaired) electrons. The number of aliphatic hydroxyl groups is 5. The number of allylic oxidation sites excluding steroid dienone is 21. The first-order chi connectivity index (χ1) is 37.7. The summed E-state index contributed by atoms with van der Waals surface area (Å²) in [6.45, 7) is 5.55. The second-order valence-corrected chi connectivity index (χ2v) is 20.0. The number of ether oxygens (including phenoxy) is 3. The molecule has 0 aromatic carbocycles. The van der Waals surface area contributed by atoms with Crippen LogP contribution in [0, 0.1) is 0 Å². The van der Waals surface area contributed by atoms with Crippen LogP contribution in [0.5, 0.6) is 0 Å². The fourth-order valence-electron chi connectivity index (χ4n) is 8.30. The quantitative estimate of drug-likeness (QED) is 0.0195. The normalized spacial score (nSPS) is 20.0. The number of hydrogen-bond donors (Lipinski definition) is 6. The molecule has 1 saturated heterocycles. The van der Waals surface area contributed by atoms with Crippen LogP contribution < -0.4 is 5.32 Å². The fraction of sp³-hybridized carbons (Fsp3) is 0.636. The van der Waals surface area contributed by atoms with Crippen molar-refractivity contribution in [2.75, 3.05) is 13.2 Å². The van der Waals surface area contributed by atoms with Gasteiger partial charge in [0.1, 0.15) is 24.4 Å². The van der Waals surface area contributed by atoms with Gasteiger partial charge in [0.05, 0.1) is 25.4 Å². The zero-order valence-electron chi connectivity index (χ0n) is 48.0. The van der Waals surface area contributed by atoms with E-state index in [0.29, 0.717) is 25.7 Å². The Morgan fingerprint density at radius 3 is 1.43 bits per heavy atom. The van der Waals surface area contributed by atoms with Crippen LogP contribution >= 0.6 is 0 Å². The van der Waals surface area contributed by atoms with Gasteiger partial charge in [-0.2, -0.15) is 0 Å². The zero-order chi connectivity index (χ0) is 56.1. The van der Waals surface area contributed by atoms with Crippen LogP contribution in [-0.2, 0) is 23.8 Å². The first-order valence-electron chi connectivity index (χ1n) is 30.0. The highest BCUT2D eigenvalue weighted by Crippen LogP contribution is 2.26. The number of esters is 1. The molecule has 0 saturated carbocycles. The van der Waals surface area contributed by atoms with E-state index in [4.69, 9.17) is 14.2 Å². The maximum atomic E-state index is 13.4. The van der Waals surface area contributed by atoms with E-state index < -0.39 is 67.4 Å². The van der Waals surface area contributed by atoms with Crippen LogP contribution in [0.25, 0.3) is 0 Å². The lowest BCUT2D eigenvalue weighted by molar-refractivity contribution is -0.305. The largest absolute Gasteiger partial charge is 0.454 e. The first kappa shape index (κ1) is 70.8. The van der Waals surface area contributed by atoms with Crippen molar-refractivity contribution in [2.24, 2.45) is 0 Å². The predicted octanol–water partition coefficient (Wildman–Crippen LogP) is 14.1. The van der Waals surface area contributed by atoms with Crippen molar-refractivity contribution in [3.8, 4) is 0 Å². The number of aliphatic hydroxyl groups excluding tert-OH is 5. The lowest BCUT2D eigenvalue weighted by Crippen LogP contribution is -2.61. The van der Waals surface area contributed by atoms with Crippen molar-refractivity contribution >= 4 is 11.9 Å². The van der Waals surface area contributed by atoms with E-state index in [1.165, 1.54) is 57.8 Å². The first-order valence-corrected chi connectivity index (χ1v) is 30.0. The van der Waals surface area contributed by atoms with Gasteiger partial charge in [0.15, 0.2) is 12.4 Å². The second kappa shape index (κ2) is 52.5. The van der Waals surface area contributed by atoms with Crippen molar-refractivity contribution in [3.63, 3.8) is 0 Å². The molecule has 0 spiro atoms. The number of rotatable bonds is 48. The third-order valence-corrected chi connectivity index (χ3v) is 13.0. The van der Waals surface area contributed by atoms with Crippen LogP contribution in [0.2, 0.25) is 0 Å². The SMILES string of the molecule is CC/C=C\C/C=C\C/C=C\C/C=C\C/C=C\C/C=C\CCCC(O)C(=O)NC(COC1OC(CO)C(O)C(O)C1OC(=O)CCC/C=C\C/C=C\C/C=C\C/C=C\CCCCC)C(O)/C=C/CCCCCCCCCCC. The molecule has 0 aromatic heterocycles. The van der Waals surface area contributed by atoms with E-state index in [1.54, 1.807) is 6.08 Å². The molecule has 6 N–H and O–H groups in total. The van der Waals surface area contributed by atoms with Gasteiger partial charge in [-0.3, -0.25) is 9.59 Å². The molecule has 0 aliphatic carbocycles. The van der Waals surface area contributed by atoms with Gasteiger partial charge in [0, 0.05) is 6.42 Å². The minimum atomic E-state index is -1.65. The van der Waals surface area contributed by atoms with Crippen LogP contribution in [0.1, 0.15) is 207 Å². The molecule has 436 valence electrons. The molecular weight excluding hydrogens is 967 g/mol. The maximum Gasteiger partial charge on any atom is 0.306 e. The summed E-state index contributed by atoms with van der Waals surface area (Å²) in [7, 11) is 0. The molecule has 11 nitrogen and oxygen atoms in total. The third-order valence-electron chi connectivity index (χ3n) is 13.0. The van der Waals surface area contributed by atoms with Crippen molar-refractivity contribution in [3.05, 3.63) is 134 Å². The lowest BCUT2D eigenvalue weighted by atomic mass is 9.99. The Labute approximate surface area is 467 Å². The molecule has 11 heteroatoms. The molecule has 0 bridgehead atoms. The summed E-state index contributed by atoms with van der Waals surface area (Å²) < 4.78 is 17.5. The molecule has 77 heavy (non-hydrogen) atoms. The Morgan fingerprint density at radius 1 is 0.519 bits per heavy atom.